The van der Waals surface area contributed by atoms with Crippen molar-refractivity contribution in [1.29, 1.82) is 0 Å². The van der Waals surface area contributed by atoms with Gasteiger partial charge < -0.3 is 11.1 Å². The summed E-state index contributed by atoms with van der Waals surface area (Å²) in [6.45, 7) is 0.840. The largest absolute Gasteiger partial charge is 0.398 e. The number of hydrogen-bond donors (Lipinski definition) is 2. The van der Waals surface area contributed by atoms with E-state index in [4.69, 9.17) is 10.7 Å². The van der Waals surface area contributed by atoms with Gasteiger partial charge in [-0.25, -0.2) is 0 Å². The summed E-state index contributed by atoms with van der Waals surface area (Å²) in [5.74, 6) is 1.83. The van der Waals surface area contributed by atoms with Crippen molar-refractivity contribution in [1.82, 2.24) is 10.3 Å². The fourth-order valence-corrected chi connectivity index (χ4v) is 3.20. The van der Waals surface area contributed by atoms with Gasteiger partial charge in [0, 0.05) is 23.7 Å². The van der Waals surface area contributed by atoms with Crippen LogP contribution in [0.5, 0.6) is 0 Å². The number of para-hydroxylation sites is 1. The van der Waals surface area contributed by atoms with Crippen molar-refractivity contribution in [3.8, 4) is 0 Å². The average molecular weight is 267 g/mol. The van der Waals surface area contributed by atoms with Gasteiger partial charge in [0.2, 0.25) is 0 Å². The molecule has 2 fully saturated rings. The molecule has 4 rings (SSSR count). The zero-order chi connectivity index (χ0) is 13.5. The number of rotatable bonds is 5. The van der Waals surface area contributed by atoms with Crippen molar-refractivity contribution in [3.05, 3.63) is 36.0 Å². The maximum Gasteiger partial charge on any atom is 0.0726 e. The van der Waals surface area contributed by atoms with Gasteiger partial charge in [-0.2, -0.15) is 0 Å². The molecular weight excluding hydrogens is 246 g/mol. The number of pyridine rings is 1. The van der Waals surface area contributed by atoms with Crippen LogP contribution in [0.15, 0.2) is 30.3 Å². The van der Waals surface area contributed by atoms with E-state index in [0.717, 1.165) is 40.7 Å². The Balaban J connectivity index is 1.53. The highest BCUT2D eigenvalue weighted by Crippen LogP contribution is 2.44. The maximum atomic E-state index is 6.14. The van der Waals surface area contributed by atoms with Crippen LogP contribution in [0.2, 0.25) is 0 Å². The monoisotopic (exact) mass is 267 g/mol. The van der Waals surface area contributed by atoms with E-state index in [1.807, 2.05) is 30.3 Å². The lowest BCUT2D eigenvalue weighted by Crippen LogP contribution is -2.32. The normalized spacial score (nSPS) is 18.9. The van der Waals surface area contributed by atoms with Gasteiger partial charge in [-0.15, -0.1) is 0 Å². The third kappa shape index (κ3) is 2.38. The van der Waals surface area contributed by atoms with E-state index >= 15 is 0 Å². The minimum atomic E-state index is 0.712. The van der Waals surface area contributed by atoms with Gasteiger partial charge in [0.15, 0.2) is 0 Å². The quantitative estimate of drug-likeness (QED) is 0.875. The minimum absolute atomic E-state index is 0.712. The van der Waals surface area contributed by atoms with Gasteiger partial charge in [-0.1, -0.05) is 18.2 Å². The van der Waals surface area contributed by atoms with E-state index in [2.05, 4.69) is 5.32 Å². The fraction of sp³-hybridized carbons (Fsp3) is 0.471. The second-order valence-electron chi connectivity index (χ2n) is 6.30. The zero-order valence-corrected chi connectivity index (χ0v) is 11.7. The predicted molar refractivity (Wildman–Crippen MR) is 82.2 cm³/mol. The Kier molecular flexibility index (Phi) is 2.88. The van der Waals surface area contributed by atoms with E-state index < -0.39 is 0 Å². The molecule has 0 bridgehead atoms. The van der Waals surface area contributed by atoms with Crippen LogP contribution < -0.4 is 11.1 Å². The first-order chi connectivity index (χ1) is 9.81. The molecule has 3 N–H and O–H groups in total. The number of nitrogens with zero attached hydrogens (tertiary/aromatic N) is 1. The molecule has 3 heteroatoms. The van der Waals surface area contributed by atoms with E-state index in [0.29, 0.717) is 6.04 Å². The molecule has 2 aromatic rings. The molecule has 0 atom stereocenters. The number of benzene rings is 1. The van der Waals surface area contributed by atoms with Crippen molar-refractivity contribution in [2.24, 2.45) is 11.8 Å². The highest BCUT2D eigenvalue weighted by atomic mass is 15.0. The summed E-state index contributed by atoms with van der Waals surface area (Å²) in [4.78, 5) is 4.72. The standard InChI is InChI=1S/C17H21N3/c18-15-9-13(20-16-4-2-1-3-14(15)16)10-19-17(11-5-6-11)12-7-8-12/h1-4,9,11-12,17,19H,5-8,10H2,(H2,18,20). The summed E-state index contributed by atoms with van der Waals surface area (Å²) in [6.07, 6.45) is 5.62. The lowest BCUT2D eigenvalue weighted by molar-refractivity contribution is 0.414. The Hall–Kier alpha value is -1.61. The average Bonchev–Trinajstić information content (AvgIpc) is 3.33. The van der Waals surface area contributed by atoms with Crippen LogP contribution in [0, 0.1) is 11.8 Å². The molecule has 0 unspecified atom stereocenters. The Labute approximate surface area is 119 Å². The van der Waals surface area contributed by atoms with Crippen LogP contribution in [0.4, 0.5) is 5.69 Å². The minimum Gasteiger partial charge on any atom is -0.398 e. The number of anilines is 1. The summed E-state index contributed by atoms with van der Waals surface area (Å²) in [5, 5.41) is 4.79. The molecule has 1 heterocycles. The SMILES string of the molecule is Nc1cc(CNC(C2CC2)C2CC2)nc2ccccc12. The van der Waals surface area contributed by atoms with Crippen LogP contribution in [0.25, 0.3) is 10.9 Å². The van der Waals surface area contributed by atoms with Crippen LogP contribution in [0.1, 0.15) is 31.4 Å². The molecule has 0 saturated heterocycles. The van der Waals surface area contributed by atoms with Gasteiger partial charge in [0.25, 0.3) is 0 Å². The molecule has 20 heavy (non-hydrogen) atoms. The molecule has 0 amide bonds. The Morgan fingerprint density at radius 2 is 1.85 bits per heavy atom. The smallest absolute Gasteiger partial charge is 0.0726 e. The highest BCUT2D eigenvalue weighted by Gasteiger charge is 2.40. The van der Waals surface area contributed by atoms with E-state index in [-0.39, 0.29) is 0 Å². The Morgan fingerprint density at radius 3 is 2.55 bits per heavy atom. The second kappa shape index (κ2) is 4.74. The Bertz CT molecular complexity index is 617. The van der Waals surface area contributed by atoms with Gasteiger partial charge in [-0.3, -0.25) is 4.98 Å². The first-order valence-corrected chi connectivity index (χ1v) is 7.69. The van der Waals surface area contributed by atoms with Crippen molar-refractivity contribution in [2.75, 3.05) is 5.73 Å². The number of nitrogens with one attached hydrogen (secondary N) is 1. The summed E-state index contributed by atoms with van der Waals surface area (Å²) in [6, 6.07) is 10.8. The summed E-state index contributed by atoms with van der Waals surface area (Å²) in [5.41, 5.74) is 9.04. The van der Waals surface area contributed by atoms with Gasteiger partial charge in [0.05, 0.1) is 11.2 Å². The molecular formula is C17H21N3. The summed E-state index contributed by atoms with van der Waals surface area (Å²) >= 11 is 0. The molecule has 1 aromatic carbocycles. The summed E-state index contributed by atoms with van der Waals surface area (Å²) < 4.78 is 0. The highest BCUT2D eigenvalue weighted by molar-refractivity contribution is 5.90. The number of nitrogens with two attached hydrogens (primary N) is 1. The van der Waals surface area contributed by atoms with Crippen molar-refractivity contribution in [3.63, 3.8) is 0 Å². The molecule has 0 spiro atoms. The van der Waals surface area contributed by atoms with Crippen LogP contribution in [-0.2, 0) is 6.54 Å². The van der Waals surface area contributed by atoms with Gasteiger partial charge in [0.1, 0.15) is 0 Å². The third-order valence-electron chi connectivity index (χ3n) is 4.58. The van der Waals surface area contributed by atoms with Crippen LogP contribution in [-0.4, -0.2) is 11.0 Å². The molecule has 2 aliphatic carbocycles. The topological polar surface area (TPSA) is 50.9 Å². The van der Waals surface area contributed by atoms with Crippen LogP contribution in [0.3, 0.4) is 0 Å². The van der Waals surface area contributed by atoms with Gasteiger partial charge >= 0.3 is 0 Å². The number of aromatic nitrogens is 1. The maximum absolute atomic E-state index is 6.14. The zero-order valence-electron chi connectivity index (χ0n) is 11.7. The number of hydrogen-bond acceptors (Lipinski definition) is 3. The molecule has 2 aliphatic rings. The molecule has 2 saturated carbocycles. The van der Waals surface area contributed by atoms with Crippen molar-refractivity contribution in [2.45, 2.75) is 38.3 Å². The second-order valence-corrected chi connectivity index (χ2v) is 6.30. The third-order valence-corrected chi connectivity index (χ3v) is 4.58. The molecule has 104 valence electrons. The lowest BCUT2D eigenvalue weighted by Gasteiger charge is -2.17. The van der Waals surface area contributed by atoms with Crippen molar-refractivity contribution >= 4 is 16.6 Å². The first kappa shape index (κ1) is 12.2. The van der Waals surface area contributed by atoms with E-state index in [1.54, 1.807) is 0 Å². The first-order valence-electron chi connectivity index (χ1n) is 7.69. The molecule has 0 radical (unpaired) electrons. The number of fused-ring (bicyclic) bond motifs is 1. The molecule has 1 aromatic heterocycles. The van der Waals surface area contributed by atoms with Gasteiger partial charge in [-0.05, 0) is 49.7 Å². The van der Waals surface area contributed by atoms with Crippen molar-refractivity contribution < 1.29 is 0 Å². The van der Waals surface area contributed by atoms with E-state index in [9.17, 15) is 0 Å². The predicted octanol–water partition coefficient (Wildman–Crippen LogP) is 3.10. The summed E-state index contributed by atoms with van der Waals surface area (Å²) in [7, 11) is 0. The molecule has 3 nitrogen and oxygen atoms in total. The molecule has 0 aliphatic heterocycles. The number of nitrogen functional groups attached to an aromatic ring is 1. The van der Waals surface area contributed by atoms with Crippen LogP contribution >= 0.6 is 0 Å². The van der Waals surface area contributed by atoms with E-state index in [1.165, 1.54) is 25.7 Å². The fourth-order valence-electron chi connectivity index (χ4n) is 3.20. The lowest BCUT2D eigenvalue weighted by atomic mass is 10.1. The Morgan fingerprint density at radius 1 is 1.15 bits per heavy atom.